The summed E-state index contributed by atoms with van der Waals surface area (Å²) in [7, 11) is -1.83. The van der Waals surface area contributed by atoms with Crippen LogP contribution in [0.3, 0.4) is 0 Å². The van der Waals surface area contributed by atoms with Crippen molar-refractivity contribution in [2.45, 2.75) is 24.8 Å². The van der Waals surface area contributed by atoms with E-state index in [4.69, 9.17) is 0 Å². The number of carbonyl (C=O) groups excluding carboxylic acids is 1. The van der Waals surface area contributed by atoms with Crippen LogP contribution in [0, 0.1) is 6.92 Å². The largest absolute Gasteiger partial charge is 0.315 e. The van der Waals surface area contributed by atoms with Gasteiger partial charge in [-0.3, -0.25) is 9.69 Å². The number of aryl methyl sites for hydroxylation is 1. The molecular formula is C21H25N3O3S. The van der Waals surface area contributed by atoms with Gasteiger partial charge in [0, 0.05) is 45.5 Å². The number of fused-ring (bicyclic) bond motifs is 1. The average molecular weight is 400 g/mol. The van der Waals surface area contributed by atoms with E-state index in [0.717, 1.165) is 17.8 Å². The van der Waals surface area contributed by atoms with Gasteiger partial charge in [-0.1, -0.05) is 29.8 Å². The summed E-state index contributed by atoms with van der Waals surface area (Å²) >= 11 is 0. The van der Waals surface area contributed by atoms with Gasteiger partial charge in [0.25, 0.3) is 0 Å². The number of sulfonamides is 1. The van der Waals surface area contributed by atoms with Gasteiger partial charge in [0.2, 0.25) is 15.9 Å². The Bertz CT molecular complexity index is 1010. The zero-order valence-corrected chi connectivity index (χ0v) is 17.1. The summed E-state index contributed by atoms with van der Waals surface area (Å²) in [6.07, 6.45) is 0.263. The highest BCUT2D eigenvalue weighted by molar-refractivity contribution is 7.89. The zero-order chi connectivity index (χ0) is 19.9. The van der Waals surface area contributed by atoms with Gasteiger partial charge in [0.1, 0.15) is 0 Å². The molecule has 2 aromatic carbocycles. The van der Waals surface area contributed by atoms with E-state index >= 15 is 0 Å². The minimum absolute atomic E-state index is 0.00527. The van der Waals surface area contributed by atoms with E-state index in [1.54, 1.807) is 34.5 Å². The maximum Gasteiger partial charge on any atom is 0.243 e. The van der Waals surface area contributed by atoms with Crippen molar-refractivity contribution in [1.29, 1.82) is 0 Å². The SMILES string of the molecule is Cc1cccc(CN2CCN(S(=O)(=O)c3ccc4c(c3)CC(=O)N4C)CC2)c1. The van der Waals surface area contributed by atoms with Gasteiger partial charge in [0.15, 0.2) is 0 Å². The third-order valence-electron chi connectivity index (χ3n) is 5.59. The third-order valence-corrected chi connectivity index (χ3v) is 7.48. The lowest BCUT2D eigenvalue weighted by molar-refractivity contribution is -0.117. The monoisotopic (exact) mass is 399 g/mol. The molecule has 0 aromatic heterocycles. The fourth-order valence-electron chi connectivity index (χ4n) is 3.95. The first kappa shape index (κ1) is 19.1. The minimum Gasteiger partial charge on any atom is -0.315 e. The molecule has 28 heavy (non-hydrogen) atoms. The summed E-state index contributed by atoms with van der Waals surface area (Å²) in [5.74, 6) is -0.00527. The van der Waals surface area contributed by atoms with Gasteiger partial charge in [-0.25, -0.2) is 8.42 Å². The number of piperazine rings is 1. The second-order valence-corrected chi connectivity index (χ2v) is 9.53. The van der Waals surface area contributed by atoms with Crippen molar-refractivity contribution in [3.8, 4) is 0 Å². The highest BCUT2D eigenvalue weighted by Gasteiger charge is 2.31. The first-order chi connectivity index (χ1) is 13.3. The molecule has 1 fully saturated rings. The van der Waals surface area contributed by atoms with Gasteiger partial charge in [0.05, 0.1) is 11.3 Å². The fourth-order valence-corrected chi connectivity index (χ4v) is 5.43. The number of hydrogen-bond donors (Lipinski definition) is 0. The molecule has 0 spiro atoms. The molecule has 6 nitrogen and oxygen atoms in total. The Labute approximate surface area is 166 Å². The number of anilines is 1. The second kappa shape index (κ2) is 7.31. The Hall–Kier alpha value is -2.22. The Morgan fingerprint density at radius 3 is 2.46 bits per heavy atom. The smallest absolute Gasteiger partial charge is 0.243 e. The molecule has 2 heterocycles. The molecule has 0 unspecified atom stereocenters. The molecule has 2 aromatic rings. The lowest BCUT2D eigenvalue weighted by Crippen LogP contribution is -2.48. The first-order valence-corrected chi connectivity index (χ1v) is 11.0. The Morgan fingerprint density at radius 1 is 1.00 bits per heavy atom. The molecule has 0 N–H and O–H groups in total. The standard InChI is InChI=1S/C21H25N3O3S/c1-16-4-3-5-17(12-16)15-23-8-10-24(11-9-23)28(26,27)19-6-7-20-18(13-19)14-21(25)22(20)2/h3-7,12-13H,8-11,14-15H2,1-2H3. The second-order valence-electron chi connectivity index (χ2n) is 7.59. The van der Waals surface area contributed by atoms with E-state index in [-0.39, 0.29) is 17.2 Å². The topological polar surface area (TPSA) is 60.9 Å². The van der Waals surface area contributed by atoms with E-state index in [1.165, 1.54) is 11.1 Å². The van der Waals surface area contributed by atoms with E-state index in [1.807, 2.05) is 0 Å². The number of carbonyl (C=O) groups is 1. The normalized spacial score (nSPS) is 18.5. The van der Waals surface area contributed by atoms with Crippen LogP contribution in [0.25, 0.3) is 0 Å². The molecule has 2 aliphatic rings. The van der Waals surface area contributed by atoms with Gasteiger partial charge >= 0.3 is 0 Å². The molecule has 4 rings (SSSR count). The molecule has 2 aliphatic heterocycles. The van der Waals surface area contributed by atoms with Crippen LogP contribution in [0.2, 0.25) is 0 Å². The molecular weight excluding hydrogens is 374 g/mol. The van der Waals surface area contributed by atoms with Crippen molar-refractivity contribution in [1.82, 2.24) is 9.21 Å². The summed E-state index contributed by atoms with van der Waals surface area (Å²) in [5, 5.41) is 0. The van der Waals surface area contributed by atoms with Crippen molar-refractivity contribution < 1.29 is 13.2 Å². The highest BCUT2D eigenvalue weighted by Crippen LogP contribution is 2.31. The number of hydrogen-bond acceptors (Lipinski definition) is 4. The Kier molecular flexibility index (Phi) is 4.99. The van der Waals surface area contributed by atoms with Crippen molar-refractivity contribution >= 4 is 21.6 Å². The quantitative estimate of drug-likeness (QED) is 0.789. The van der Waals surface area contributed by atoms with Crippen molar-refractivity contribution in [2.75, 3.05) is 38.1 Å². The first-order valence-electron chi connectivity index (χ1n) is 9.52. The molecule has 0 atom stereocenters. The summed E-state index contributed by atoms with van der Waals surface area (Å²) in [5.41, 5.74) is 4.07. The molecule has 0 bridgehead atoms. The van der Waals surface area contributed by atoms with Crippen molar-refractivity contribution in [3.05, 3.63) is 59.2 Å². The van der Waals surface area contributed by atoms with Crippen LogP contribution in [0.4, 0.5) is 5.69 Å². The van der Waals surface area contributed by atoms with E-state index in [0.29, 0.717) is 26.2 Å². The summed E-state index contributed by atoms with van der Waals surface area (Å²) in [6.45, 7) is 5.28. The molecule has 1 saturated heterocycles. The van der Waals surface area contributed by atoms with Crippen molar-refractivity contribution in [2.24, 2.45) is 0 Å². The predicted molar refractivity (Wildman–Crippen MR) is 109 cm³/mol. The van der Waals surface area contributed by atoms with E-state index < -0.39 is 10.0 Å². The lowest BCUT2D eigenvalue weighted by atomic mass is 10.1. The molecule has 7 heteroatoms. The zero-order valence-electron chi connectivity index (χ0n) is 16.3. The Balaban J connectivity index is 1.44. The Morgan fingerprint density at radius 2 is 1.75 bits per heavy atom. The lowest BCUT2D eigenvalue weighted by Gasteiger charge is -2.34. The van der Waals surface area contributed by atoms with Gasteiger partial charge in [-0.2, -0.15) is 4.31 Å². The van der Waals surface area contributed by atoms with Crippen LogP contribution >= 0.6 is 0 Å². The summed E-state index contributed by atoms with van der Waals surface area (Å²) in [4.78, 5) is 16.0. The molecule has 0 radical (unpaired) electrons. The number of likely N-dealkylation sites (N-methyl/N-ethyl adjacent to an activating group) is 1. The minimum atomic E-state index is -3.54. The summed E-state index contributed by atoms with van der Waals surface area (Å²) < 4.78 is 27.7. The maximum absolute atomic E-state index is 13.1. The predicted octanol–water partition coefficient (Wildman–Crippen LogP) is 2.02. The van der Waals surface area contributed by atoms with Gasteiger partial charge in [-0.15, -0.1) is 0 Å². The van der Waals surface area contributed by atoms with Crippen LogP contribution in [0.5, 0.6) is 0 Å². The maximum atomic E-state index is 13.1. The van der Waals surface area contributed by atoms with Crippen LogP contribution < -0.4 is 4.90 Å². The third kappa shape index (κ3) is 3.57. The average Bonchev–Trinajstić information content (AvgIpc) is 2.96. The van der Waals surface area contributed by atoms with Crippen LogP contribution in [-0.4, -0.2) is 56.8 Å². The van der Waals surface area contributed by atoms with E-state index in [9.17, 15) is 13.2 Å². The fraction of sp³-hybridized carbons (Fsp3) is 0.381. The van der Waals surface area contributed by atoms with Crippen LogP contribution in [-0.2, 0) is 27.8 Å². The number of benzene rings is 2. The molecule has 0 saturated carbocycles. The van der Waals surface area contributed by atoms with Crippen molar-refractivity contribution in [3.63, 3.8) is 0 Å². The van der Waals surface area contributed by atoms with Gasteiger partial charge in [-0.05, 0) is 36.2 Å². The van der Waals surface area contributed by atoms with E-state index in [2.05, 4.69) is 36.1 Å². The van der Waals surface area contributed by atoms with Crippen LogP contribution in [0.15, 0.2) is 47.4 Å². The molecule has 1 amide bonds. The highest BCUT2D eigenvalue weighted by atomic mass is 32.2. The van der Waals surface area contributed by atoms with Crippen LogP contribution in [0.1, 0.15) is 16.7 Å². The summed E-state index contributed by atoms with van der Waals surface area (Å²) in [6, 6.07) is 13.4. The number of amides is 1. The number of rotatable bonds is 4. The number of nitrogens with zero attached hydrogens (tertiary/aromatic N) is 3. The van der Waals surface area contributed by atoms with Gasteiger partial charge < -0.3 is 4.90 Å². The molecule has 0 aliphatic carbocycles. The molecule has 148 valence electrons.